The monoisotopic (exact) mass is 496 g/mol. The minimum absolute atomic E-state index is 0.0189. The molecule has 6 atom stereocenters. The summed E-state index contributed by atoms with van der Waals surface area (Å²) in [7, 11) is 0. The number of allylic oxidation sites excluding steroid dienone is 1. The van der Waals surface area contributed by atoms with Crippen molar-refractivity contribution in [3.63, 3.8) is 0 Å². The summed E-state index contributed by atoms with van der Waals surface area (Å²) < 4.78 is 5.50. The zero-order valence-corrected chi connectivity index (χ0v) is 22.3. The van der Waals surface area contributed by atoms with Crippen LogP contribution < -0.4 is 0 Å². The van der Waals surface area contributed by atoms with Crippen molar-refractivity contribution in [2.24, 2.45) is 34.5 Å². The molecule has 0 aromatic heterocycles. The number of fused-ring (bicyclic) bond motifs is 1. The standard InChI is InChI=1S/C27H45BrO3/c1-8-10-21(19(3)17-31-25(30)26(4,5)6)24(29)15-18(2)22-12-13-23-20(16-28)11-9-14-27(22,23)7/h16,18,21-24,29H,3,8-15,17H2,1-2,4-7H3/b20-16+/t18-,21+,22-,23+,24+,27-/m1/s1. The van der Waals surface area contributed by atoms with Crippen LogP contribution in [0.2, 0.25) is 0 Å². The molecular weight excluding hydrogens is 452 g/mol. The topological polar surface area (TPSA) is 46.5 Å². The number of aliphatic hydroxyl groups excluding tert-OH is 1. The summed E-state index contributed by atoms with van der Waals surface area (Å²) in [5, 5.41) is 11.2. The lowest BCUT2D eigenvalue weighted by Crippen LogP contribution is -2.37. The van der Waals surface area contributed by atoms with Gasteiger partial charge in [-0.25, -0.2) is 0 Å². The molecule has 3 nitrogen and oxygen atoms in total. The third-order valence-electron chi connectivity index (χ3n) is 8.07. The van der Waals surface area contributed by atoms with Gasteiger partial charge in [0.25, 0.3) is 0 Å². The number of carbonyl (C=O) groups is 1. The first-order valence-corrected chi connectivity index (χ1v) is 13.2. The van der Waals surface area contributed by atoms with E-state index in [1.807, 2.05) is 20.8 Å². The van der Waals surface area contributed by atoms with Crippen LogP contribution in [0, 0.1) is 34.5 Å². The molecule has 0 bridgehead atoms. The average molecular weight is 498 g/mol. The van der Waals surface area contributed by atoms with Gasteiger partial charge < -0.3 is 9.84 Å². The first-order chi connectivity index (χ1) is 14.5. The Bertz CT molecular complexity index is 662. The van der Waals surface area contributed by atoms with Crippen molar-refractivity contribution in [1.29, 1.82) is 0 Å². The van der Waals surface area contributed by atoms with Crippen molar-refractivity contribution in [3.8, 4) is 0 Å². The maximum atomic E-state index is 12.2. The van der Waals surface area contributed by atoms with Crippen LogP contribution in [0.4, 0.5) is 0 Å². The van der Waals surface area contributed by atoms with Crippen molar-refractivity contribution >= 4 is 21.9 Å². The number of hydrogen-bond acceptors (Lipinski definition) is 3. The largest absolute Gasteiger partial charge is 0.461 e. The van der Waals surface area contributed by atoms with Crippen molar-refractivity contribution in [1.82, 2.24) is 0 Å². The third kappa shape index (κ3) is 6.25. The highest BCUT2D eigenvalue weighted by Crippen LogP contribution is 2.60. The van der Waals surface area contributed by atoms with E-state index < -0.39 is 11.5 Å². The van der Waals surface area contributed by atoms with E-state index in [-0.39, 0.29) is 18.5 Å². The fourth-order valence-corrected chi connectivity index (χ4v) is 6.86. The van der Waals surface area contributed by atoms with Gasteiger partial charge in [0.2, 0.25) is 0 Å². The molecule has 178 valence electrons. The Kier molecular flexibility index (Phi) is 9.46. The Morgan fingerprint density at radius 1 is 1.39 bits per heavy atom. The predicted octanol–water partition coefficient (Wildman–Crippen LogP) is 7.43. The molecule has 0 spiro atoms. The first kappa shape index (κ1) is 26.6. The normalized spacial score (nSPS) is 30.5. The van der Waals surface area contributed by atoms with Gasteiger partial charge in [-0.2, -0.15) is 0 Å². The van der Waals surface area contributed by atoms with Crippen molar-refractivity contribution in [3.05, 3.63) is 22.7 Å². The summed E-state index contributed by atoms with van der Waals surface area (Å²) in [4.78, 5) is 14.3. The fourth-order valence-electron chi connectivity index (χ4n) is 6.32. The summed E-state index contributed by atoms with van der Waals surface area (Å²) >= 11 is 3.61. The van der Waals surface area contributed by atoms with E-state index in [4.69, 9.17) is 4.74 Å². The van der Waals surface area contributed by atoms with E-state index in [0.29, 0.717) is 23.2 Å². The molecule has 0 unspecified atom stereocenters. The van der Waals surface area contributed by atoms with Crippen LogP contribution in [-0.2, 0) is 9.53 Å². The Labute approximate surface area is 199 Å². The van der Waals surface area contributed by atoms with Crippen molar-refractivity contribution in [2.75, 3.05) is 6.61 Å². The summed E-state index contributed by atoms with van der Waals surface area (Å²) in [6.45, 7) is 16.9. The highest BCUT2D eigenvalue weighted by Gasteiger charge is 2.50. The number of ether oxygens (including phenoxy) is 1. The summed E-state index contributed by atoms with van der Waals surface area (Å²) in [6, 6.07) is 0. The van der Waals surface area contributed by atoms with Gasteiger partial charge in [-0.3, -0.25) is 4.79 Å². The van der Waals surface area contributed by atoms with Gasteiger partial charge in [0.15, 0.2) is 0 Å². The maximum absolute atomic E-state index is 12.2. The van der Waals surface area contributed by atoms with Crippen LogP contribution >= 0.6 is 15.9 Å². The van der Waals surface area contributed by atoms with E-state index in [0.717, 1.165) is 24.8 Å². The van der Waals surface area contributed by atoms with E-state index in [2.05, 4.69) is 48.3 Å². The number of aliphatic hydroxyl groups is 1. The lowest BCUT2D eigenvalue weighted by molar-refractivity contribution is -0.152. The zero-order chi connectivity index (χ0) is 23.4. The van der Waals surface area contributed by atoms with Crippen LogP contribution in [0.3, 0.4) is 0 Å². The van der Waals surface area contributed by atoms with Crippen LogP contribution in [0.5, 0.6) is 0 Å². The van der Waals surface area contributed by atoms with Crippen LogP contribution in [0.1, 0.15) is 92.9 Å². The molecule has 0 saturated heterocycles. The number of halogens is 1. The molecule has 2 aliphatic rings. The lowest BCUT2D eigenvalue weighted by Gasteiger charge is -2.44. The van der Waals surface area contributed by atoms with Crippen LogP contribution in [-0.4, -0.2) is 23.8 Å². The summed E-state index contributed by atoms with van der Waals surface area (Å²) in [5.41, 5.74) is 2.25. The van der Waals surface area contributed by atoms with Gasteiger partial charge in [-0.05, 0) is 99.4 Å². The van der Waals surface area contributed by atoms with Crippen molar-refractivity contribution < 1.29 is 14.6 Å². The lowest BCUT2D eigenvalue weighted by atomic mass is 9.61. The zero-order valence-electron chi connectivity index (χ0n) is 20.7. The van der Waals surface area contributed by atoms with E-state index >= 15 is 0 Å². The van der Waals surface area contributed by atoms with Gasteiger partial charge >= 0.3 is 5.97 Å². The molecule has 4 heteroatoms. The molecule has 0 amide bonds. The molecule has 0 aromatic rings. The Hall–Kier alpha value is -0.610. The summed E-state index contributed by atoms with van der Waals surface area (Å²) in [5.74, 6) is 1.55. The number of carbonyl (C=O) groups excluding carboxylic acids is 1. The molecule has 0 radical (unpaired) electrons. The molecule has 0 aromatic carbocycles. The fraction of sp³-hybridized carbons (Fsp3) is 0.815. The predicted molar refractivity (Wildman–Crippen MR) is 133 cm³/mol. The molecule has 2 rings (SSSR count). The smallest absolute Gasteiger partial charge is 0.311 e. The Morgan fingerprint density at radius 3 is 2.65 bits per heavy atom. The molecule has 2 fully saturated rings. The number of rotatable bonds is 9. The van der Waals surface area contributed by atoms with Crippen LogP contribution in [0.15, 0.2) is 22.7 Å². The minimum atomic E-state index is -0.523. The second-order valence-corrected chi connectivity index (χ2v) is 11.9. The second kappa shape index (κ2) is 11.0. The molecular formula is C27H45BrO3. The number of esters is 1. The Balaban J connectivity index is 2.02. The minimum Gasteiger partial charge on any atom is -0.461 e. The van der Waals surface area contributed by atoms with E-state index in [9.17, 15) is 9.90 Å². The van der Waals surface area contributed by atoms with Gasteiger partial charge in [0.05, 0.1) is 11.5 Å². The molecule has 2 saturated carbocycles. The second-order valence-electron chi connectivity index (χ2n) is 11.4. The maximum Gasteiger partial charge on any atom is 0.311 e. The van der Waals surface area contributed by atoms with E-state index in [1.54, 1.807) is 5.57 Å². The van der Waals surface area contributed by atoms with Crippen LogP contribution in [0.25, 0.3) is 0 Å². The van der Waals surface area contributed by atoms with E-state index in [1.165, 1.54) is 32.1 Å². The van der Waals surface area contributed by atoms with Gasteiger partial charge in [-0.1, -0.05) is 55.3 Å². The molecule has 2 aliphatic carbocycles. The molecule has 31 heavy (non-hydrogen) atoms. The number of hydrogen-bond donors (Lipinski definition) is 1. The Morgan fingerprint density at radius 2 is 2.06 bits per heavy atom. The van der Waals surface area contributed by atoms with Gasteiger partial charge in [0, 0.05) is 5.92 Å². The molecule has 0 aliphatic heterocycles. The summed E-state index contributed by atoms with van der Waals surface area (Å²) in [6.07, 6.45) is 8.51. The molecule has 1 N–H and O–H groups in total. The quantitative estimate of drug-likeness (QED) is 0.266. The first-order valence-electron chi connectivity index (χ1n) is 12.3. The third-order valence-corrected chi connectivity index (χ3v) is 8.66. The SMILES string of the molecule is C=C(COC(=O)C(C)(C)C)[C@H](CCC)[C@@H](O)C[C@@H](C)[C@H]1CC[C@H]2/C(=C/Br)CCC[C@]12C. The highest BCUT2D eigenvalue weighted by molar-refractivity contribution is 9.11. The van der Waals surface area contributed by atoms with Gasteiger partial charge in [-0.15, -0.1) is 0 Å². The van der Waals surface area contributed by atoms with Crippen molar-refractivity contribution in [2.45, 2.75) is 99.0 Å². The highest BCUT2D eigenvalue weighted by atomic mass is 79.9. The molecule has 0 heterocycles. The van der Waals surface area contributed by atoms with Gasteiger partial charge in [0.1, 0.15) is 6.61 Å². The average Bonchev–Trinajstić information content (AvgIpc) is 3.06.